The maximum atomic E-state index is 12.7. The molecule has 1 aromatic rings. The van der Waals surface area contributed by atoms with Crippen molar-refractivity contribution in [1.82, 2.24) is 20.4 Å². The number of nitrogens with one attached hydrogen (secondary N) is 2. The molecule has 2 saturated heterocycles. The van der Waals surface area contributed by atoms with Crippen molar-refractivity contribution in [2.75, 3.05) is 19.6 Å². The number of carbonyl (C=O) groups excluding carboxylic acids is 3. The number of likely N-dealkylation sites (tertiary alicyclic amines) is 1. The van der Waals surface area contributed by atoms with Gasteiger partial charge in [-0.15, -0.1) is 0 Å². The molecule has 4 amide bonds. The van der Waals surface area contributed by atoms with Gasteiger partial charge in [-0.25, -0.2) is 4.79 Å². The van der Waals surface area contributed by atoms with Gasteiger partial charge in [-0.2, -0.15) is 0 Å². The van der Waals surface area contributed by atoms with Gasteiger partial charge >= 0.3 is 6.03 Å². The van der Waals surface area contributed by atoms with Crippen LogP contribution in [0.1, 0.15) is 51.2 Å². The van der Waals surface area contributed by atoms with Crippen LogP contribution in [0.2, 0.25) is 0 Å². The Morgan fingerprint density at radius 1 is 1.13 bits per heavy atom. The van der Waals surface area contributed by atoms with E-state index in [9.17, 15) is 14.4 Å². The van der Waals surface area contributed by atoms with Crippen LogP contribution in [0.3, 0.4) is 0 Å². The van der Waals surface area contributed by atoms with E-state index in [4.69, 9.17) is 0 Å². The third-order valence-electron chi connectivity index (χ3n) is 6.93. The van der Waals surface area contributed by atoms with Gasteiger partial charge < -0.3 is 10.6 Å². The topological polar surface area (TPSA) is 81.8 Å². The smallest absolute Gasteiger partial charge is 0.325 e. The van der Waals surface area contributed by atoms with E-state index >= 15 is 0 Å². The Labute approximate surface area is 184 Å². The molecule has 0 unspecified atom stereocenters. The maximum Gasteiger partial charge on any atom is 0.325 e. The van der Waals surface area contributed by atoms with E-state index in [1.54, 1.807) is 6.92 Å². The molecule has 31 heavy (non-hydrogen) atoms. The Hall–Kier alpha value is -2.41. The second-order valence-electron chi connectivity index (χ2n) is 9.98. The summed E-state index contributed by atoms with van der Waals surface area (Å²) >= 11 is 0. The molecule has 2 N–H and O–H groups in total. The van der Waals surface area contributed by atoms with Crippen LogP contribution in [0.15, 0.2) is 24.3 Å². The van der Waals surface area contributed by atoms with Gasteiger partial charge in [0.15, 0.2) is 0 Å². The highest BCUT2D eigenvalue weighted by Crippen LogP contribution is 2.42. The molecule has 0 aromatic heterocycles. The first-order valence-corrected chi connectivity index (χ1v) is 11.5. The summed E-state index contributed by atoms with van der Waals surface area (Å²) in [5, 5.41) is 5.69. The second kappa shape index (κ2) is 8.61. The summed E-state index contributed by atoms with van der Waals surface area (Å²) < 4.78 is 0. The molecule has 4 rings (SSSR count). The number of benzene rings is 1. The number of urea groups is 1. The van der Waals surface area contributed by atoms with Crippen LogP contribution < -0.4 is 10.6 Å². The highest BCUT2D eigenvalue weighted by atomic mass is 16.2. The van der Waals surface area contributed by atoms with Crippen LogP contribution in [-0.4, -0.2) is 52.8 Å². The summed E-state index contributed by atoms with van der Waals surface area (Å²) in [5.74, 6) is 0.966. The van der Waals surface area contributed by atoms with Crippen LogP contribution in [0.4, 0.5) is 4.79 Å². The fraction of sp³-hybridized carbons (Fsp3) is 0.625. The average molecular weight is 427 g/mol. The van der Waals surface area contributed by atoms with Crippen LogP contribution in [0.5, 0.6) is 0 Å². The molecule has 0 spiro atoms. The van der Waals surface area contributed by atoms with Crippen molar-refractivity contribution in [2.24, 2.45) is 17.8 Å². The highest BCUT2D eigenvalue weighted by molar-refractivity contribution is 6.09. The molecular formula is C24H34N4O3. The molecule has 168 valence electrons. The number of hydrogen-bond donors (Lipinski definition) is 2. The summed E-state index contributed by atoms with van der Waals surface area (Å²) in [5.41, 5.74) is 1.43. The molecule has 7 nitrogen and oxygen atoms in total. The number of hydrogen-bond acceptors (Lipinski definition) is 4. The Balaban J connectivity index is 1.34. The number of rotatable bonds is 7. The number of imide groups is 1. The largest absolute Gasteiger partial charge is 0.350 e. The molecule has 3 aliphatic rings. The minimum atomic E-state index is -0.854. The fourth-order valence-corrected chi connectivity index (χ4v) is 5.24. The van der Waals surface area contributed by atoms with E-state index in [1.165, 1.54) is 12.0 Å². The van der Waals surface area contributed by atoms with E-state index in [-0.39, 0.29) is 24.3 Å². The Morgan fingerprint density at radius 2 is 1.77 bits per heavy atom. The predicted molar refractivity (Wildman–Crippen MR) is 118 cm³/mol. The fourth-order valence-electron chi connectivity index (χ4n) is 5.24. The number of piperidine rings is 1. The minimum Gasteiger partial charge on any atom is -0.350 e. The molecule has 1 saturated carbocycles. The Bertz CT molecular complexity index is 858. The van der Waals surface area contributed by atoms with Gasteiger partial charge in [0.25, 0.3) is 5.91 Å². The van der Waals surface area contributed by atoms with Crippen molar-refractivity contribution in [2.45, 2.75) is 58.7 Å². The zero-order valence-corrected chi connectivity index (χ0v) is 18.8. The van der Waals surface area contributed by atoms with Crippen molar-refractivity contribution in [3.8, 4) is 0 Å². The van der Waals surface area contributed by atoms with Gasteiger partial charge in [0.1, 0.15) is 12.1 Å². The molecule has 0 radical (unpaired) electrons. The van der Waals surface area contributed by atoms with Gasteiger partial charge in [-0.3, -0.25) is 19.4 Å². The van der Waals surface area contributed by atoms with E-state index in [2.05, 4.69) is 35.4 Å². The van der Waals surface area contributed by atoms with Crippen molar-refractivity contribution < 1.29 is 14.4 Å². The molecule has 3 atom stereocenters. The number of nitrogens with zero attached hydrogens (tertiary/aromatic N) is 2. The van der Waals surface area contributed by atoms with Crippen LogP contribution in [-0.2, 0) is 22.7 Å². The van der Waals surface area contributed by atoms with Gasteiger partial charge in [0, 0.05) is 26.2 Å². The monoisotopic (exact) mass is 426 g/mol. The lowest BCUT2D eigenvalue weighted by Gasteiger charge is -2.35. The summed E-state index contributed by atoms with van der Waals surface area (Å²) in [6.45, 7) is 9.58. The molecule has 3 fully saturated rings. The molecule has 1 aromatic carbocycles. The SMILES string of the molecule is C[C@@H]1C[C@@H](C)CN(Cc2ccccc2CNC(=O)CN2C(=O)N[C@@](C)(C3CC3)C2=O)C1. The Morgan fingerprint density at radius 3 is 2.42 bits per heavy atom. The van der Waals surface area contributed by atoms with Crippen LogP contribution in [0.25, 0.3) is 0 Å². The van der Waals surface area contributed by atoms with Crippen molar-refractivity contribution in [3.05, 3.63) is 35.4 Å². The molecule has 7 heteroatoms. The summed E-state index contributed by atoms with van der Waals surface area (Å²) in [7, 11) is 0. The average Bonchev–Trinajstić information content (AvgIpc) is 3.53. The number of carbonyl (C=O) groups is 3. The summed E-state index contributed by atoms with van der Waals surface area (Å²) in [4.78, 5) is 41.1. The first-order chi connectivity index (χ1) is 14.8. The first kappa shape index (κ1) is 21.8. The zero-order valence-electron chi connectivity index (χ0n) is 18.8. The van der Waals surface area contributed by atoms with Crippen molar-refractivity contribution >= 4 is 17.8 Å². The third kappa shape index (κ3) is 4.76. The standard InChI is InChI=1S/C24H34N4O3/c1-16-10-17(2)13-27(12-16)14-19-7-5-4-6-18(19)11-25-21(29)15-28-22(30)24(3,20-8-9-20)26-23(28)31/h4-7,16-17,20H,8-15H2,1-3H3,(H,25,29)(H,26,31)/t16-,17-,24+/m1/s1. The molecule has 1 aliphatic carbocycles. The minimum absolute atomic E-state index is 0.184. The first-order valence-electron chi connectivity index (χ1n) is 11.5. The molecule has 2 aliphatic heterocycles. The van der Waals surface area contributed by atoms with Gasteiger partial charge in [0.2, 0.25) is 5.91 Å². The van der Waals surface area contributed by atoms with Crippen LogP contribution in [0, 0.1) is 17.8 Å². The molecular weight excluding hydrogens is 392 g/mol. The van der Waals surface area contributed by atoms with Gasteiger partial charge in [0.05, 0.1) is 0 Å². The second-order valence-corrected chi connectivity index (χ2v) is 9.98. The maximum absolute atomic E-state index is 12.7. The van der Waals surface area contributed by atoms with Crippen LogP contribution >= 0.6 is 0 Å². The molecule has 2 heterocycles. The zero-order chi connectivity index (χ0) is 22.2. The van der Waals surface area contributed by atoms with E-state index in [0.717, 1.165) is 42.9 Å². The van der Waals surface area contributed by atoms with E-state index in [0.29, 0.717) is 18.4 Å². The lowest BCUT2D eigenvalue weighted by Crippen LogP contribution is -2.47. The van der Waals surface area contributed by atoms with Gasteiger partial charge in [-0.1, -0.05) is 38.1 Å². The Kier molecular flexibility index (Phi) is 6.06. The highest BCUT2D eigenvalue weighted by Gasteiger charge is 2.56. The van der Waals surface area contributed by atoms with Crippen molar-refractivity contribution in [1.29, 1.82) is 0 Å². The summed E-state index contributed by atoms with van der Waals surface area (Å²) in [6, 6.07) is 7.69. The third-order valence-corrected chi connectivity index (χ3v) is 6.93. The van der Waals surface area contributed by atoms with Crippen molar-refractivity contribution in [3.63, 3.8) is 0 Å². The molecule has 0 bridgehead atoms. The van der Waals surface area contributed by atoms with E-state index in [1.807, 2.05) is 18.2 Å². The van der Waals surface area contributed by atoms with E-state index < -0.39 is 11.6 Å². The normalized spacial score (nSPS) is 29.2. The number of amides is 4. The lowest BCUT2D eigenvalue weighted by atomic mass is 9.91. The summed E-state index contributed by atoms with van der Waals surface area (Å²) in [6.07, 6.45) is 3.15. The van der Waals surface area contributed by atoms with Gasteiger partial charge in [-0.05, 0) is 55.1 Å². The lowest BCUT2D eigenvalue weighted by molar-refractivity contribution is -0.135. The predicted octanol–water partition coefficient (Wildman–Crippen LogP) is 2.50. The quantitative estimate of drug-likeness (QED) is 0.657.